The first-order valence-electron chi connectivity index (χ1n) is 6.39. The molecule has 1 aliphatic carbocycles. The van der Waals surface area contributed by atoms with E-state index in [-0.39, 0.29) is 0 Å². The predicted molar refractivity (Wildman–Crippen MR) is 75.2 cm³/mol. The van der Waals surface area contributed by atoms with Gasteiger partial charge in [-0.05, 0) is 12.0 Å². The van der Waals surface area contributed by atoms with Crippen LogP contribution < -0.4 is 5.32 Å². The number of nitrogens with one attached hydrogen (secondary N) is 1. The lowest BCUT2D eigenvalue weighted by Gasteiger charge is -2.01. The van der Waals surface area contributed by atoms with Crippen molar-refractivity contribution in [3.05, 3.63) is 41.7 Å². The maximum absolute atomic E-state index is 4.51. The Balaban J connectivity index is 1.62. The van der Waals surface area contributed by atoms with Crippen LogP contribution in [0.25, 0.3) is 0 Å². The number of hydrogen-bond acceptors (Lipinski definition) is 4. The molecule has 3 nitrogen and oxygen atoms in total. The third-order valence-corrected chi connectivity index (χ3v) is 3.95. The molecule has 1 heterocycles. The van der Waals surface area contributed by atoms with E-state index in [0.29, 0.717) is 17.9 Å². The second kappa shape index (κ2) is 4.69. The Labute approximate surface area is 111 Å². The molecule has 2 unspecified atom stereocenters. The zero-order chi connectivity index (χ0) is 12.5. The van der Waals surface area contributed by atoms with Gasteiger partial charge in [0.25, 0.3) is 0 Å². The van der Waals surface area contributed by atoms with Gasteiger partial charge in [0.2, 0.25) is 5.13 Å². The Bertz CT molecular complexity index is 521. The van der Waals surface area contributed by atoms with Gasteiger partial charge in [-0.1, -0.05) is 44.2 Å². The molecule has 1 saturated carbocycles. The van der Waals surface area contributed by atoms with Crippen LogP contribution in [0.15, 0.2) is 30.3 Å². The molecule has 0 saturated heterocycles. The maximum atomic E-state index is 4.51. The molecule has 2 aromatic rings. The van der Waals surface area contributed by atoms with Crippen molar-refractivity contribution < 1.29 is 0 Å². The molecule has 3 rings (SSSR count). The normalized spacial score (nSPS) is 22.2. The van der Waals surface area contributed by atoms with Crippen LogP contribution in [0.1, 0.15) is 43.5 Å². The van der Waals surface area contributed by atoms with Gasteiger partial charge in [0.05, 0.1) is 0 Å². The van der Waals surface area contributed by atoms with E-state index < -0.39 is 0 Å². The minimum Gasteiger partial charge on any atom is -0.357 e. The van der Waals surface area contributed by atoms with Gasteiger partial charge < -0.3 is 5.32 Å². The predicted octanol–water partition coefficient (Wildman–Crippen LogP) is 3.63. The van der Waals surface area contributed by atoms with Crippen LogP contribution in [0.3, 0.4) is 0 Å². The van der Waals surface area contributed by atoms with Crippen molar-refractivity contribution in [3.8, 4) is 0 Å². The van der Waals surface area contributed by atoms with E-state index in [1.165, 1.54) is 23.5 Å². The van der Waals surface area contributed by atoms with Crippen LogP contribution in [-0.4, -0.2) is 15.4 Å². The fourth-order valence-corrected chi connectivity index (χ4v) is 2.88. The molecule has 4 heteroatoms. The first kappa shape index (κ1) is 11.7. The van der Waals surface area contributed by atoms with Crippen molar-refractivity contribution in [2.24, 2.45) is 0 Å². The highest BCUT2D eigenvalue weighted by Gasteiger charge is 2.38. The van der Waals surface area contributed by atoms with Gasteiger partial charge in [0, 0.05) is 29.4 Å². The van der Waals surface area contributed by atoms with Gasteiger partial charge in [-0.2, -0.15) is 4.37 Å². The van der Waals surface area contributed by atoms with Crippen LogP contribution in [0.4, 0.5) is 5.13 Å². The molecule has 0 aliphatic heterocycles. The fraction of sp³-hybridized carbons (Fsp3) is 0.429. The summed E-state index contributed by atoms with van der Waals surface area (Å²) in [5.41, 5.74) is 1.42. The molecule has 0 spiro atoms. The quantitative estimate of drug-likeness (QED) is 0.911. The summed E-state index contributed by atoms with van der Waals surface area (Å²) >= 11 is 1.47. The lowest BCUT2D eigenvalue weighted by Crippen LogP contribution is -2.04. The first-order valence-corrected chi connectivity index (χ1v) is 7.16. The Morgan fingerprint density at radius 2 is 2.06 bits per heavy atom. The molecule has 1 aromatic heterocycles. The number of nitrogens with zero attached hydrogens (tertiary/aromatic N) is 2. The van der Waals surface area contributed by atoms with Gasteiger partial charge in [0.1, 0.15) is 5.82 Å². The van der Waals surface area contributed by atoms with Crippen LogP contribution in [0.5, 0.6) is 0 Å². The standard InChI is InChI=1S/C14H17N3S/c1-9(2)13-16-14(18-17-13)15-12-8-11(12)10-6-4-3-5-7-10/h3-7,9,11-12H,8H2,1-2H3,(H,15,16,17). The molecule has 1 N–H and O–H groups in total. The molecule has 2 atom stereocenters. The lowest BCUT2D eigenvalue weighted by molar-refractivity contribution is 0.799. The minimum absolute atomic E-state index is 0.404. The van der Waals surface area contributed by atoms with Gasteiger partial charge in [-0.25, -0.2) is 4.98 Å². The second-order valence-electron chi connectivity index (χ2n) is 5.12. The molecular weight excluding hydrogens is 242 g/mol. The third kappa shape index (κ3) is 2.38. The van der Waals surface area contributed by atoms with Gasteiger partial charge >= 0.3 is 0 Å². The molecule has 18 heavy (non-hydrogen) atoms. The van der Waals surface area contributed by atoms with E-state index in [9.17, 15) is 0 Å². The average molecular weight is 259 g/mol. The fourth-order valence-electron chi connectivity index (χ4n) is 2.11. The first-order chi connectivity index (χ1) is 8.74. The summed E-state index contributed by atoms with van der Waals surface area (Å²) in [5.74, 6) is 1.98. The van der Waals surface area contributed by atoms with Crippen LogP contribution >= 0.6 is 11.5 Å². The van der Waals surface area contributed by atoms with Crippen LogP contribution in [0.2, 0.25) is 0 Å². The maximum Gasteiger partial charge on any atom is 0.202 e. The largest absolute Gasteiger partial charge is 0.357 e. The second-order valence-corrected chi connectivity index (χ2v) is 5.87. The van der Waals surface area contributed by atoms with Crippen LogP contribution in [-0.2, 0) is 0 Å². The Hall–Kier alpha value is -1.42. The molecule has 0 amide bonds. The highest BCUT2D eigenvalue weighted by atomic mass is 32.1. The summed E-state index contributed by atoms with van der Waals surface area (Å²) in [6.45, 7) is 4.24. The van der Waals surface area contributed by atoms with E-state index in [2.05, 4.69) is 58.9 Å². The van der Waals surface area contributed by atoms with Gasteiger partial charge in [-0.3, -0.25) is 0 Å². The van der Waals surface area contributed by atoms with Crippen molar-refractivity contribution in [1.82, 2.24) is 9.36 Å². The molecule has 0 radical (unpaired) electrons. The smallest absolute Gasteiger partial charge is 0.202 e. The minimum atomic E-state index is 0.404. The monoisotopic (exact) mass is 259 g/mol. The topological polar surface area (TPSA) is 37.8 Å². The molecule has 1 aliphatic rings. The highest BCUT2D eigenvalue weighted by Crippen LogP contribution is 2.42. The average Bonchev–Trinajstić information content (AvgIpc) is 2.97. The summed E-state index contributed by atoms with van der Waals surface area (Å²) in [4.78, 5) is 4.51. The summed E-state index contributed by atoms with van der Waals surface area (Å²) < 4.78 is 4.36. The van der Waals surface area contributed by atoms with Crippen molar-refractivity contribution in [3.63, 3.8) is 0 Å². The Morgan fingerprint density at radius 3 is 2.72 bits per heavy atom. The molecule has 0 bridgehead atoms. The lowest BCUT2D eigenvalue weighted by atomic mass is 10.1. The Kier molecular flexibility index (Phi) is 3.04. The summed E-state index contributed by atoms with van der Waals surface area (Å²) in [5, 5.41) is 4.44. The summed E-state index contributed by atoms with van der Waals surface area (Å²) in [7, 11) is 0. The Morgan fingerprint density at radius 1 is 1.28 bits per heavy atom. The van der Waals surface area contributed by atoms with E-state index in [1.54, 1.807) is 0 Å². The highest BCUT2D eigenvalue weighted by molar-refractivity contribution is 7.09. The van der Waals surface area contributed by atoms with E-state index in [4.69, 9.17) is 0 Å². The van der Waals surface area contributed by atoms with Gasteiger partial charge in [-0.15, -0.1) is 0 Å². The van der Waals surface area contributed by atoms with E-state index in [0.717, 1.165) is 11.0 Å². The molecule has 94 valence electrons. The number of anilines is 1. The number of aromatic nitrogens is 2. The molecule has 1 fully saturated rings. The summed E-state index contributed by atoms with van der Waals surface area (Å²) in [6, 6.07) is 11.2. The number of hydrogen-bond donors (Lipinski definition) is 1. The van der Waals surface area contributed by atoms with Crippen LogP contribution in [0, 0.1) is 0 Å². The van der Waals surface area contributed by atoms with Gasteiger partial charge in [0.15, 0.2) is 0 Å². The van der Waals surface area contributed by atoms with Crippen molar-refractivity contribution in [1.29, 1.82) is 0 Å². The van der Waals surface area contributed by atoms with E-state index >= 15 is 0 Å². The molecule has 1 aromatic carbocycles. The SMILES string of the molecule is CC(C)c1nsc(NC2CC2c2ccccc2)n1. The third-order valence-electron chi connectivity index (χ3n) is 3.29. The molecular formula is C14H17N3S. The van der Waals surface area contributed by atoms with Crippen molar-refractivity contribution in [2.45, 2.75) is 38.1 Å². The summed E-state index contributed by atoms with van der Waals surface area (Å²) in [6.07, 6.45) is 1.20. The van der Waals surface area contributed by atoms with Crippen molar-refractivity contribution >= 4 is 16.7 Å². The van der Waals surface area contributed by atoms with E-state index in [1.807, 2.05) is 0 Å². The van der Waals surface area contributed by atoms with Crippen molar-refractivity contribution in [2.75, 3.05) is 5.32 Å². The number of benzene rings is 1. The number of rotatable bonds is 4. The zero-order valence-corrected chi connectivity index (χ0v) is 11.4. The zero-order valence-electron chi connectivity index (χ0n) is 10.6.